The molecular weight excluding hydrogens is 221 g/mol. The van der Waals surface area contributed by atoms with E-state index in [0.29, 0.717) is 12.0 Å². The van der Waals surface area contributed by atoms with Crippen LogP contribution in [0.15, 0.2) is 24.3 Å². The van der Waals surface area contributed by atoms with Crippen molar-refractivity contribution in [3.05, 3.63) is 35.4 Å². The zero-order valence-electron chi connectivity index (χ0n) is 8.47. The predicted octanol–water partition coefficient (Wildman–Crippen LogP) is 2.56. The molecule has 0 saturated heterocycles. The molecule has 0 aromatic heterocycles. The summed E-state index contributed by atoms with van der Waals surface area (Å²) in [7, 11) is 0. The maximum Gasteiger partial charge on any atom is 0.490 e. The van der Waals surface area contributed by atoms with Gasteiger partial charge >= 0.3 is 12.1 Å². The number of alkyl halides is 3. The first-order valence-corrected chi connectivity index (χ1v) is 4.71. The first-order valence-electron chi connectivity index (χ1n) is 4.71. The van der Waals surface area contributed by atoms with Gasteiger partial charge in [-0.05, 0) is 18.1 Å². The molecule has 0 spiro atoms. The fraction of sp³-hybridized carbons (Fsp3) is 0.364. The summed E-state index contributed by atoms with van der Waals surface area (Å²) in [4.78, 5) is 10.7. The maximum absolute atomic E-state index is 12.0. The number of carbonyl (C=O) groups excluding carboxylic acids is 1. The summed E-state index contributed by atoms with van der Waals surface area (Å²) < 4.78 is 40.6. The minimum Gasteiger partial charge on any atom is -0.447 e. The molecule has 0 aliphatic heterocycles. The van der Waals surface area contributed by atoms with Crippen LogP contribution < -0.4 is 0 Å². The second-order valence-corrected chi connectivity index (χ2v) is 3.95. The molecule has 0 heterocycles. The van der Waals surface area contributed by atoms with E-state index >= 15 is 0 Å². The van der Waals surface area contributed by atoms with Crippen LogP contribution in [0.2, 0.25) is 0 Å². The van der Waals surface area contributed by atoms with Crippen molar-refractivity contribution in [3.63, 3.8) is 0 Å². The van der Waals surface area contributed by atoms with Crippen LogP contribution in [0.3, 0.4) is 0 Å². The van der Waals surface area contributed by atoms with E-state index in [1.807, 2.05) is 0 Å². The molecule has 2 rings (SSSR count). The molecule has 0 N–H and O–H groups in total. The summed E-state index contributed by atoms with van der Waals surface area (Å²) >= 11 is 0. The summed E-state index contributed by atoms with van der Waals surface area (Å²) in [5.74, 6) is -2.13. The van der Waals surface area contributed by atoms with E-state index in [-0.39, 0.29) is 0 Å². The van der Waals surface area contributed by atoms with Gasteiger partial charge in [-0.1, -0.05) is 24.3 Å². The van der Waals surface area contributed by atoms with Crippen LogP contribution in [0, 0.1) is 0 Å². The number of carbonyl (C=O) groups is 1. The Morgan fingerprint density at radius 2 is 2.00 bits per heavy atom. The largest absolute Gasteiger partial charge is 0.490 e. The molecule has 5 heteroatoms. The molecule has 0 saturated carbocycles. The molecule has 16 heavy (non-hydrogen) atoms. The SMILES string of the molecule is CC1(OC(=O)C(F)(F)F)Cc2ccccc21. The molecule has 1 aliphatic rings. The fourth-order valence-corrected chi connectivity index (χ4v) is 1.90. The normalized spacial score (nSPS) is 23.2. The highest BCUT2D eigenvalue weighted by atomic mass is 19.4. The van der Waals surface area contributed by atoms with Crippen LogP contribution >= 0.6 is 0 Å². The monoisotopic (exact) mass is 230 g/mol. The van der Waals surface area contributed by atoms with E-state index in [1.54, 1.807) is 24.3 Å². The molecule has 1 aromatic carbocycles. The lowest BCUT2D eigenvalue weighted by Gasteiger charge is -2.40. The van der Waals surface area contributed by atoms with E-state index in [1.165, 1.54) is 6.92 Å². The number of ether oxygens (including phenoxy) is 1. The van der Waals surface area contributed by atoms with Crippen molar-refractivity contribution < 1.29 is 22.7 Å². The Morgan fingerprint density at radius 3 is 2.56 bits per heavy atom. The number of esters is 1. The predicted molar refractivity (Wildman–Crippen MR) is 49.6 cm³/mol. The highest BCUT2D eigenvalue weighted by Gasteiger charge is 2.49. The van der Waals surface area contributed by atoms with Gasteiger partial charge in [0.1, 0.15) is 5.60 Å². The number of halogens is 3. The van der Waals surface area contributed by atoms with Gasteiger partial charge in [-0.15, -0.1) is 0 Å². The third kappa shape index (κ3) is 1.66. The van der Waals surface area contributed by atoms with Crippen LogP contribution in [-0.2, 0) is 21.6 Å². The first kappa shape index (κ1) is 11.0. The van der Waals surface area contributed by atoms with E-state index in [2.05, 4.69) is 4.74 Å². The lowest BCUT2D eigenvalue weighted by molar-refractivity contribution is -0.216. The zero-order valence-corrected chi connectivity index (χ0v) is 8.47. The van der Waals surface area contributed by atoms with Crippen LogP contribution in [-0.4, -0.2) is 12.1 Å². The van der Waals surface area contributed by atoms with Gasteiger partial charge in [0.05, 0.1) is 0 Å². The Hall–Kier alpha value is -1.52. The Morgan fingerprint density at radius 1 is 1.38 bits per heavy atom. The lowest BCUT2D eigenvalue weighted by atomic mass is 9.74. The quantitative estimate of drug-likeness (QED) is 0.693. The van der Waals surface area contributed by atoms with Gasteiger partial charge in [-0.2, -0.15) is 13.2 Å². The third-order valence-corrected chi connectivity index (χ3v) is 2.66. The van der Waals surface area contributed by atoms with Gasteiger partial charge < -0.3 is 4.74 Å². The highest BCUT2D eigenvalue weighted by Crippen LogP contribution is 2.42. The summed E-state index contributed by atoms with van der Waals surface area (Å²) in [5, 5.41) is 0. The topological polar surface area (TPSA) is 26.3 Å². The van der Waals surface area contributed by atoms with Gasteiger partial charge in [0.2, 0.25) is 0 Å². The molecular formula is C11H9F3O2. The molecule has 2 nitrogen and oxygen atoms in total. The fourth-order valence-electron chi connectivity index (χ4n) is 1.90. The molecule has 1 aromatic rings. The molecule has 0 fully saturated rings. The minimum atomic E-state index is -4.94. The molecule has 1 unspecified atom stereocenters. The van der Waals surface area contributed by atoms with Gasteiger partial charge in [0.25, 0.3) is 0 Å². The van der Waals surface area contributed by atoms with Crippen molar-refractivity contribution in [2.45, 2.75) is 25.1 Å². The number of hydrogen-bond acceptors (Lipinski definition) is 2. The maximum atomic E-state index is 12.0. The highest BCUT2D eigenvalue weighted by molar-refractivity contribution is 5.76. The average Bonchev–Trinajstić information content (AvgIpc) is 2.15. The minimum absolute atomic E-state index is 0.324. The van der Waals surface area contributed by atoms with Crippen molar-refractivity contribution in [3.8, 4) is 0 Å². The smallest absolute Gasteiger partial charge is 0.447 e. The van der Waals surface area contributed by atoms with E-state index in [4.69, 9.17) is 0 Å². The number of fused-ring (bicyclic) bond motifs is 1. The lowest BCUT2D eigenvalue weighted by Crippen LogP contribution is -2.43. The standard InChI is InChI=1S/C11H9F3O2/c1-10(16-9(15)11(12,13)14)6-7-4-2-3-5-8(7)10/h2-5H,6H2,1H3. The summed E-state index contributed by atoms with van der Waals surface area (Å²) in [6, 6.07) is 6.97. The molecule has 1 atom stereocenters. The van der Waals surface area contributed by atoms with E-state index < -0.39 is 17.7 Å². The molecule has 1 aliphatic carbocycles. The summed E-state index contributed by atoms with van der Waals surface area (Å²) in [6.45, 7) is 1.49. The Bertz CT molecular complexity index is 439. The zero-order chi connectivity index (χ0) is 12.0. The first-order chi connectivity index (χ1) is 7.33. The van der Waals surface area contributed by atoms with Crippen LogP contribution in [0.5, 0.6) is 0 Å². The number of hydrogen-bond donors (Lipinski definition) is 0. The van der Waals surface area contributed by atoms with Gasteiger partial charge in [0, 0.05) is 6.42 Å². The molecule has 0 radical (unpaired) electrons. The number of rotatable bonds is 1. The van der Waals surface area contributed by atoms with Gasteiger partial charge in [-0.3, -0.25) is 0 Å². The second kappa shape index (κ2) is 3.23. The summed E-state index contributed by atoms with van der Waals surface area (Å²) in [5.41, 5.74) is 0.427. The molecule has 86 valence electrons. The van der Waals surface area contributed by atoms with Gasteiger partial charge in [0.15, 0.2) is 0 Å². The number of benzene rings is 1. The van der Waals surface area contributed by atoms with E-state index in [9.17, 15) is 18.0 Å². The van der Waals surface area contributed by atoms with Crippen molar-refractivity contribution >= 4 is 5.97 Å². The van der Waals surface area contributed by atoms with Crippen LogP contribution in [0.4, 0.5) is 13.2 Å². The van der Waals surface area contributed by atoms with Gasteiger partial charge in [-0.25, -0.2) is 4.79 Å². The average molecular weight is 230 g/mol. The van der Waals surface area contributed by atoms with Crippen LogP contribution in [0.25, 0.3) is 0 Å². The van der Waals surface area contributed by atoms with Crippen molar-refractivity contribution in [2.24, 2.45) is 0 Å². The Balaban J connectivity index is 2.17. The molecule has 0 bridgehead atoms. The van der Waals surface area contributed by atoms with Crippen LogP contribution in [0.1, 0.15) is 18.1 Å². The third-order valence-electron chi connectivity index (χ3n) is 2.66. The summed E-state index contributed by atoms with van der Waals surface area (Å²) in [6.07, 6.45) is -4.61. The van der Waals surface area contributed by atoms with Crippen molar-refractivity contribution in [1.82, 2.24) is 0 Å². The Kier molecular flexibility index (Phi) is 2.22. The second-order valence-electron chi connectivity index (χ2n) is 3.95. The van der Waals surface area contributed by atoms with Crippen molar-refractivity contribution in [1.29, 1.82) is 0 Å². The molecule has 0 amide bonds. The van der Waals surface area contributed by atoms with Crippen molar-refractivity contribution in [2.75, 3.05) is 0 Å². The Labute approximate surface area is 90.0 Å². The van der Waals surface area contributed by atoms with E-state index in [0.717, 1.165) is 5.56 Å².